The van der Waals surface area contributed by atoms with Crippen molar-refractivity contribution in [1.82, 2.24) is 19.0 Å². The number of hydrogen-bond donors (Lipinski definition) is 2. The third-order valence-corrected chi connectivity index (χ3v) is 4.70. The van der Waals surface area contributed by atoms with Crippen LogP contribution in [0.25, 0.3) is 16.8 Å². The number of fused-ring (bicyclic) bond motifs is 1. The van der Waals surface area contributed by atoms with E-state index in [-0.39, 0.29) is 17.0 Å². The molecule has 7 nitrogen and oxygen atoms in total. The van der Waals surface area contributed by atoms with Crippen molar-refractivity contribution < 1.29 is 9.18 Å². The van der Waals surface area contributed by atoms with Gasteiger partial charge < -0.3 is 11.1 Å². The van der Waals surface area contributed by atoms with Crippen molar-refractivity contribution in [3.05, 3.63) is 59.8 Å². The minimum atomic E-state index is -0.573. The molecule has 0 spiro atoms. The van der Waals surface area contributed by atoms with Crippen LogP contribution in [0.15, 0.2) is 42.7 Å². The maximum atomic E-state index is 13.3. The summed E-state index contributed by atoms with van der Waals surface area (Å²) >= 11 is 1.18. The summed E-state index contributed by atoms with van der Waals surface area (Å²) in [5.74, 6) is -1.07. The molecule has 1 amide bonds. The first-order valence-corrected chi connectivity index (χ1v) is 8.44. The Morgan fingerprint density at radius 1 is 1.31 bits per heavy atom. The van der Waals surface area contributed by atoms with Gasteiger partial charge in [0.15, 0.2) is 17.3 Å². The highest BCUT2D eigenvalue weighted by molar-refractivity contribution is 7.11. The second kappa shape index (κ2) is 6.19. The number of anilines is 2. The summed E-state index contributed by atoms with van der Waals surface area (Å²) in [5.41, 5.74) is 8.72. The second-order valence-corrected chi connectivity index (χ2v) is 6.37. The number of nitrogens with one attached hydrogen (secondary N) is 1. The maximum Gasteiger partial charge on any atom is 0.264 e. The highest BCUT2D eigenvalue weighted by Crippen LogP contribution is 2.35. The van der Waals surface area contributed by atoms with Crippen molar-refractivity contribution >= 4 is 33.9 Å². The van der Waals surface area contributed by atoms with E-state index in [9.17, 15) is 9.18 Å². The van der Waals surface area contributed by atoms with Crippen molar-refractivity contribution in [3.8, 4) is 11.1 Å². The largest absolute Gasteiger partial charge is 0.381 e. The van der Waals surface area contributed by atoms with Crippen LogP contribution in [0.2, 0.25) is 0 Å². The maximum absolute atomic E-state index is 13.3. The van der Waals surface area contributed by atoms with Crippen LogP contribution in [0.3, 0.4) is 0 Å². The van der Waals surface area contributed by atoms with E-state index < -0.39 is 11.7 Å². The van der Waals surface area contributed by atoms with Gasteiger partial charge in [0.05, 0.1) is 18.1 Å². The standard InChI is InChI=1S/C17H13FN6OS/c1-9-12(10-5-3-2-4-6-10)17(26-23-9)21-16(25)13-14(19)22-24-8-11(18)7-20-15(13)24/h2-8H,1H3,(H2,19,22)(H,21,25). The molecule has 0 fully saturated rings. The van der Waals surface area contributed by atoms with Crippen LogP contribution < -0.4 is 11.1 Å². The third kappa shape index (κ3) is 2.68. The van der Waals surface area contributed by atoms with Crippen molar-refractivity contribution in [2.24, 2.45) is 0 Å². The van der Waals surface area contributed by atoms with E-state index in [1.54, 1.807) is 0 Å². The Bertz CT molecular complexity index is 1120. The van der Waals surface area contributed by atoms with Crippen LogP contribution in [-0.2, 0) is 0 Å². The number of hydrogen-bond acceptors (Lipinski definition) is 6. The van der Waals surface area contributed by atoms with Crippen LogP contribution in [0, 0.1) is 12.7 Å². The molecule has 0 aliphatic heterocycles. The highest BCUT2D eigenvalue weighted by Gasteiger charge is 2.22. The topological polar surface area (TPSA) is 98.2 Å². The summed E-state index contributed by atoms with van der Waals surface area (Å²) in [4.78, 5) is 16.7. The second-order valence-electron chi connectivity index (χ2n) is 5.59. The number of carbonyl (C=O) groups is 1. The van der Waals surface area contributed by atoms with Crippen LogP contribution >= 0.6 is 11.5 Å². The highest BCUT2D eigenvalue weighted by atomic mass is 32.1. The molecule has 9 heteroatoms. The van der Waals surface area contributed by atoms with E-state index in [4.69, 9.17) is 5.73 Å². The molecular weight excluding hydrogens is 355 g/mol. The van der Waals surface area contributed by atoms with Crippen LogP contribution in [0.5, 0.6) is 0 Å². The van der Waals surface area contributed by atoms with Crippen molar-refractivity contribution in [3.63, 3.8) is 0 Å². The van der Waals surface area contributed by atoms with E-state index in [0.717, 1.165) is 33.7 Å². The van der Waals surface area contributed by atoms with Gasteiger partial charge in [-0.15, -0.1) is 5.10 Å². The predicted molar refractivity (Wildman–Crippen MR) is 97.6 cm³/mol. The smallest absolute Gasteiger partial charge is 0.264 e. The van der Waals surface area contributed by atoms with E-state index >= 15 is 0 Å². The van der Waals surface area contributed by atoms with Gasteiger partial charge in [-0.1, -0.05) is 30.3 Å². The van der Waals surface area contributed by atoms with E-state index in [0.29, 0.717) is 5.00 Å². The number of benzene rings is 1. The molecule has 0 bridgehead atoms. The molecule has 26 heavy (non-hydrogen) atoms. The van der Waals surface area contributed by atoms with Gasteiger partial charge in [0.1, 0.15) is 10.6 Å². The Morgan fingerprint density at radius 2 is 2.08 bits per heavy atom. The summed E-state index contributed by atoms with van der Waals surface area (Å²) < 4.78 is 18.8. The molecular formula is C17H13FN6OS. The van der Waals surface area contributed by atoms with Crippen LogP contribution in [0.1, 0.15) is 16.1 Å². The molecule has 0 unspecified atom stereocenters. The average molecular weight is 368 g/mol. The van der Waals surface area contributed by atoms with Crippen molar-refractivity contribution in [2.75, 3.05) is 11.1 Å². The minimum Gasteiger partial charge on any atom is -0.381 e. The lowest BCUT2D eigenvalue weighted by molar-refractivity contribution is 0.102. The number of nitrogens with zero attached hydrogens (tertiary/aromatic N) is 4. The molecule has 4 rings (SSSR count). The number of nitrogens with two attached hydrogens (primary N) is 1. The molecule has 0 atom stereocenters. The predicted octanol–water partition coefficient (Wildman–Crippen LogP) is 3.13. The van der Waals surface area contributed by atoms with Gasteiger partial charge in [-0.2, -0.15) is 4.37 Å². The Morgan fingerprint density at radius 3 is 2.85 bits per heavy atom. The molecule has 0 aliphatic rings. The quantitative estimate of drug-likeness (QED) is 0.579. The fourth-order valence-corrected chi connectivity index (χ4v) is 3.53. The van der Waals surface area contributed by atoms with Gasteiger partial charge in [0.2, 0.25) is 0 Å². The lowest BCUT2D eigenvalue weighted by Gasteiger charge is -2.06. The first kappa shape index (κ1) is 16.2. The first-order valence-electron chi connectivity index (χ1n) is 7.67. The van der Waals surface area contributed by atoms with Gasteiger partial charge in [0, 0.05) is 5.56 Å². The lowest BCUT2D eigenvalue weighted by atomic mass is 10.1. The van der Waals surface area contributed by atoms with Crippen LogP contribution in [0.4, 0.5) is 15.2 Å². The summed E-state index contributed by atoms with van der Waals surface area (Å²) in [6, 6.07) is 9.64. The number of halogens is 1. The zero-order valence-electron chi connectivity index (χ0n) is 13.6. The number of aryl methyl sites for hydroxylation is 1. The Balaban J connectivity index is 1.74. The van der Waals surface area contributed by atoms with Crippen molar-refractivity contribution in [2.45, 2.75) is 6.92 Å². The van der Waals surface area contributed by atoms with Crippen molar-refractivity contribution in [1.29, 1.82) is 0 Å². The molecule has 130 valence electrons. The number of rotatable bonds is 3. The molecule has 3 N–H and O–H groups in total. The minimum absolute atomic E-state index is 0.0249. The molecule has 1 aromatic carbocycles. The number of aromatic nitrogens is 4. The summed E-state index contributed by atoms with van der Waals surface area (Å²) in [6.07, 6.45) is 2.13. The van der Waals surface area contributed by atoms with Gasteiger partial charge in [-0.05, 0) is 24.0 Å². The monoisotopic (exact) mass is 368 g/mol. The van der Waals surface area contributed by atoms with E-state index in [2.05, 4.69) is 19.8 Å². The Kier molecular flexibility index (Phi) is 3.85. The molecule has 4 aromatic rings. The Labute approximate surface area is 151 Å². The number of nitrogen functional groups attached to an aromatic ring is 1. The lowest BCUT2D eigenvalue weighted by Crippen LogP contribution is -2.13. The summed E-state index contributed by atoms with van der Waals surface area (Å²) in [6.45, 7) is 1.88. The summed E-state index contributed by atoms with van der Waals surface area (Å²) in [5, 5.41) is 7.37. The molecule has 0 saturated carbocycles. The first-order chi connectivity index (χ1) is 12.5. The molecule has 0 saturated heterocycles. The zero-order valence-corrected chi connectivity index (χ0v) is 14.4. The van der Waals surface area contributed by atoms with Crippen LogP contribution in [-0.4, -0.2) is 24.9 Å². The van der Waals surface area contributed by atoms with Gasteiger partial charge in [0.25, 0.3) is 5.91 Å². The summed E-state index contributed by atoms with van der Waals surface area (Å²) in [7, 11) is 0. The normalized spacial score (nSPS) is 11.0. The van der Waals surface area contributed by atoms with Gasteiger partial charge >= 0.3 is 0 Å². The number of amides is 1. The molecule has 0 radical (unpaired) electrons. The van der Waals surface area contributed by atoms with E-state index in [1.807, 2.05) is 37.3 Å². The number of carbonyl (C=O) groups excluding carboxylic acids is 1. The third-order valence-electron chi connectivity index (χ3n) is 3.85. The van der Waals surface area contributed by atoms with Gasteiger partial charge in [-0.3, -0.25) is 4.79 Å². The molecule has 3 aromatic heterocycles. The molecule has 3 heterocycles. The molecule has 0 aliphatic carbocycles. The average Bonchev–Trinajstić information content (AvgIpc) is 3.14. The fraction of sp³-hybridized carbons (Fsp3) is 0.0588. The zero-order chi connectivity index (χ0) is 18.3. The SMILES string of the molecule is Cc1nsc(NC(=O)c2c(N)nn3cc(F)cnc23)c1-c1ccccc1. The Hall–Kier alpha value is -3.33. The van der Waals surface area contributed by atoms with Gasteiger partial charge in [-0.25, -0.2) is 13.9 Å². The fourth-order valence-electron chi connectivity index (χ4n) is 2.71. The van der Waals surface area contributed by atoms with E-state index in [1.165, 1.54) is 11.5 Å².